The fraction of sp³-hybridized carbons (Fsp3) is 0.429. The standard InChI is InChI=1S/C14H20ClN3O2/c1-10-5-6-11(15)7-12(10)16-13(19)8-18(4)9-14(20)17(2)3/h5-7H,8-9H2,1-4H3,(H,16,19). The number of hydrogen-bond acceptors (Lipinski definition) is 3. The summed E-state index contributed by atoms with van der Waals surface area (Å²) in [7, 11) is 5.10. The number of rotatable bonds is 5. The number of hydrogen-bond donors (Lipinski definition) is 1. The molecule has 0 fully saturated rings. The average Bonchev–Trinajstić information content (AvgIpc) is 2.33. The molecule has 5 nitrogen and oxygen atoms in total. The minimum Gasteiger partial charge on any atom is -0.348 e. The summed E-state index contributed by atoms with van der Waals surface area (Å²) in [5, 5.41) is 3.37. The summed E-state index contributed by atoms with van der Waals surface area (Å²) in [6.45, 7) is 2.24. The van der Waals surface area contributed by atoms with Gasteiger partial charge in [0.1, 0.15) is 0 Å². The molecule has 6 heteroatoms. The molecule has 1 aromatic carbocycles. The molecular weight excluding hydrogens is 278 g/mol. The Morgan fingerprint density at radius 1 is 1.20 bits per heavy atom. The lowest BCUT2D eigenvalue weighted by molar-refractivity contribution is -0.130. The van der Waals surface area contributed by atoms with Crippen LogP contribution >= 0.6 is 11.6 Å². The maximum absolute atomic E-state index is 11.9. The number of nitrogens with zero attached hydrogens (tertiary/aromatic N) is 2. The van der Waals surface area contributed by atoms with E-state index >= 15 is 0 Å². The molecule has 0 aliphatic rings. The van der Waals surface area contributed by atoms with E-state index in [-0.39, 0.29) is 24.9 Å². The van der Waals surface area contributed by atoms with Gasteiger partial charge in [0.2, 0.25) is 11.8 Å². The van der Waals surface area contributed by atoms with E-state index < -0.39 is 0 Å². The predicted octanol–water partition coefficient (Wildman–Crippen LogP) is 1.61. The van der Waals surface area contributed by atoms with Crippen molar-refractivity contribution < 1.29 is 9.59 Å². The highest BCUT2D eigenvalue weighted by molar-refractivity contribution is 6.31. The smallest absolute Gasteiger partial charge is 0.238 e. The summed E-state index contributed by atoms with van der Waals surface area (Å²) in [5.41, 5.74) is 1.63. The lowest BCUT2D eigenvalue weighted by Crippen LogP contribution is -2.38. The molecule has 0 aliphatic carbocycles. The van der Waals surface area contributed by atoms with Crippen LogP contribution in [0.25, 0.3) is 0 Å². The minimum atomic E-state index is -0.176. The van der Waals surface area contributed by atoms with Gasteiger partial charge < -0.3 is 10.2 Å². The molecule has 1 rings (SSSR count). The number of anilines is 1. The van der Waals surface area contributed by atoms with Crippen molar-refractivity contribution in [2.75, 3.05) is 39.5 Å². The number of likely N-dealkylation sites (N-methyl/N-ethyl adjacent to an activating group) is 2. The number of amides is 2. The van der Waals surface area contributed by atoms with Gasteiger partial charge in [-0.25, -0.2) is 0 Å². The van der Waals surface area contributed by atoms with Crippen molar-refractivity contribution in [3.05, 3.63) is 28.8 Å². The van der Waals surface area contributed by atoms with Crippen LogP contribution in [-0.4, -0.2) is 55.8 Å². The molecule has 0 unspecified atom stereocenters. The van der Waals surface area contributed by atoms with Crippen LogP contribution < -0.4 is 5.32 Å². The summed E-state index contributed by atoms with van der Waals surface area (Å²) >= 11 is 5.90. The third-order valence-corrected chi connectivity index (χ3v) is 3.03. The number of aryl methyl sites for hydroxylation is 1. The summed E-state index contributed by atoms with van der Waals surface area (Å²) < 4.78 is 0. The van der Waals surface area contributed by atoms with Crippen molar-refractivity contribution in [2.24, 2.45) is 0 Å². The lowest BCUT2D eigenvalue weighted by Gasteiger charge is -2.18. The normalized spacial score (nSPS) is 10.5. The second kappa shape index (κ2) is 7.26. The van der Waals surface area contributed by atoms with Crippen LogP contribution in [0.2, 0.25) is 5.02 Å². The Labute approximate surface area is 124 Å². The summed E-state index contributed by atoms with van der Waals surface area (Å²) in [5.74, 6) is -0.219. The van der Waals surface area contributed by atoms with Crippen LogP contribution in [0.3, 0.4) is 0 Å². The molecule has 110 valence electrons. The van der Waals surface area contributed by atoms with E-state index in [2.05, 4.69) is 5.32 Å². The van der Waals surface area contributed by atoms with Gasteiger partial charge in [-0.2, -0.15) is 0 Å². The molecule has 0 atom stereocenters. The van der Waals surface area contributed by atoms with Gasteiger partial charge in [0.05, 0.1) is 13.1 Å². The molecule has 0 aromatic heterocycles. The molecular formula is C14H20ClN3O2. The third-order valence-electron chi connectivity index (χ3n) is 2.79. The Morgan fingerprint density at radius 3 is 2.45 bits per heavy atom. The predicted molar refractivity (Wildman–Crippen MR) is 81.0 cm³/mol. The van der Waals surface area contributed by atoms with Crippen LogP contribution in [0.4, 0.5) is 5.69 Å². The molecule has 2 amide bonds. The number of carbonyl (C=O) groups is 2. The van der Waals surface area contributed by atoms with E-state index in [0.717, 1.165) is 5.56 Å². The van der Waals surface area contributed by atoms with E-state index in [4.69, 9.17) is 11.6 Å². The molecule has 1 aromatic rings. The SMILES string of the molecule is Cc1ccc(Cl)cc1NC(=O)CN(C)CC(=O)N(C)C. The minimum absolute atomic E-state index is 0.0424. The van der Waals surface area contributed by atoms with Gasteiger partial charge in [-0.15, -0.1) is 0 Å². The van der Waals surface area contributed by atoms with Crippen LogP contribution in [0.5, 0.6) is 0 Å². The Bertz CT molecular complexity index is 503. The van der Waals surface area contributed by atoms with Crippen molar-refractivity contribution in [3.63, 3.8) is 0 Å². The second-order valence-electron chi connectivity index (χ2n) is 4.97. The largest absolute Gasteiger partial charge is 0.348 e. The van der Waals surface area contributed by atoms with Crippen molar-refractivity contribution >= 4 is 29.1 Å². The van der Waals surface area contributed by atoms with Crippen molar-refractivity contribution in [2.45, 2.75) is 6.92 Å². The highest BCUT2D eigenvalue weighted by Gasteiger charge is 2.12. The second-order valence-corrected chi connectivity index (χ2v) is 5.40. The maximum Gasteiger partial charge on any atom is 0.238 e. The van der Waals surface area contributed by atoms with Crippen molar-refractivity contribution in [3.8, 4) is 0 Å². The van der Waals surface area contributed by atoms with Gasteiger partial charge in [0.25, 0.3) is 0 Å². The molecule has 0 aliphatic heterocycles. The van der Waals surface area contributed by atoms with Gasteiger partial charge in [0.15, 0.2) is 0 Å². The van der Waals surface area contributed by atoms with Crippen molar-refractivity contribution in [1.29, 1.82) is 0 Å². The van der Waals surface area contributed by atoms with Gasteiger partial charge in [-0.1, -0.05) is 17.7 Å². The van der Waals surface area contributed by atoms with E-state index in [1.54, 1.807) is 38.2 Å². The monoisotopic (exact) mass is 297 g/mol. The lowest BCUT2D eigenvalue weighted by atomic mass is 10.2. The Kier molecular flexibility index (Phi) is 5.98. The summed E-state index contributed by atoms with van der Waals surface area (Å²) in [4.78, 5) is 26.6. The van der Waals surface area contributed by atoms with E-state index in [1.165, 1.54) is 4.90 Å². The van der Waals surface area contributed by atoms with Gasteiger partial charge >= 0.3 is 0 Å². The number of carbonyl (C=O) groups excluding carboxylic acids is 2. The number of benzene rings is 1. The molecule has 20 heavy (non-hydrogen) atoms. The van der Waals surface area contributed by atoms with Gasteiger partial charge in [0, 0.05) is 24.8 Å². The van der Waals surface area contributed by atoms with E-state index in [0.29, 0.717) is 10.7 Å². The fourth-order valence-electron chi connectivity index (χ4n) is 1.59. The zero-order chi connectivity index (χ0) is 15.3. The molecule has 0 radical (unpaired) electrons. The zero-order valence-electron chi connectivity index (χ0n) is 12.2. The first-order valence-corrected chi connectivity index (χ1v) is 6.62. The third kappa shape index (κ3) is 5.19. The summed E-state index contributed by atoms with van der Waals surface area (Å²) in [6.07, 6.45) is 0. The summed E-state index contributed by atoms with van der Waals surface area (Å²) in [6, 6.07) is 5.32. The first-order chi connectivity index (χ1) is 9.29. The first-order valence-electron chi connectivity index (χ1n) is 6.24. The van der Waals surface area contributed by atoms with Crippen LogP contribution in [0.1, 0.15) is 5.56 Å². The first kappa shape index (κ1) is 16.5. The Balaban J connectivity index is 2.55. The van der Waals surface area contributed by atoms with E-state index in [1.807, 2.05) is 13.0 Å². The fourth-order valence-corrected chi connectivity index (χ4v) is 1.76. The molecule has 1 N–H and O–H groups in total. The molecule has 0 heterocycles. The molecule has 0 saturated heterocycles. The van der Waals surface area contributed by atoms with Crippen LogP contribution in [-0.2, 0) is 9.59 Å². The van der Waals surface area contributed by atoms with Crippen LogP contribution in [0, 0.1) is 6.92 Å². The zero-order valence-corrected chi connectivity index (χ0v) is 13.0. The highest BCUT2D eigenvalue weighted by Crippen LogP contribution is 2.19. The maximum atomic E-state index is 11.9. The van der Waals surface area contributed by atoms with Gasteiger partial charge in [-0.3, -0.25) is 14.5 Å². The quantitative estimate of drug-likeness (QED) is 0.898. The molecule has 0 saturated carbocycles. The molecule has 0 bridgehead atoms. The Hall–Kier alpha value is -1.59. The van der Waals surface area contributed by atoms with Crippen molar-refractivity contribution in [1.82, 2.24) is 9.80 Å². The Morgan fingerprint density at radius 2 is 1.85 bits per heavy atom. The van der Waals surface area contributed by atoms with Crippen LogP contribution in [0.15, 0.2) is 18.2 Å². The number of nitrogens with one attached hydrogen (secondary N) is 1. The highest BCUT2D eigenvalue weighted by atomic mass is 35.5. The average molecular weight is 298 g/mol. The molecule has 0 spiro atoms. The van der Waals surface area contributed by atoms with Gasteiger partial charge in [-0.05, 0) is 31.7 Å². The topological polar surface area (TPSA) is 52.7 Å². The van der Waals surface area contributed by atoms with E-state index in [9.17, 15) is 9.59 Å². The number of halogens is 1.